The van der Waals surface area contributed by atoms with Crippen LogP contribution in [-0.2, 0) is 16.1 Å². The summed E-state index contributed by atoms with van der Waals surface area (Å²) in [5.74, 6) is -0.711. The summed E-state index contributed by atoms with van der Waals surface area (Å²) >= 11 is 0. The number of benzene rings is 1. The zero-order chi connectivity index (χ0) is 15.4. The zero-order valence-electron chi connectivity index (χ0n) is 11.7. The molecule has 1 heterocycles. The first-order chi connectivity index (χ1) is 9.99. The van der Waals surface area contributed by atoms with E-state index < -0.39 is 11.5 Å². The molecule has 1 N–H and O–H groups in total. The number of amides is 2. The van der Waals surface area contributed by atoms with Gasteiger partial charge in [0.05, 0.1) is 11.9 Å². The van der Waals surface area contributed by atoms with Gasteiger partial charge in [-0.3, -0.25) is 14.4 Å². The van der Waals surface area contributed by atoms with E-state index in [0.717, 1.165) is 4.68 Å². The van der Waals surface area contributed by atoms with Gasteiger partial charge in [0.1, 0.15) is 12.1 Å². The molecule has 110 valence electrons. The molecule has 0 aliphatic rings. The molecule has 0 spiro atoms. The number of nitrogens with zero attached hydrogens (tertiary/aromatic N) is 4. The molecule has 8 heteroatoms. The number of carbonyl (C=O) groups excluding carboxylic acids is 2. The van der Waals surface area contributed by atoms with Gasteiger partial charge in [0.2, 0.25) is 11.8 Å². The molecule has 0 saturated heterocycles. The Kier molecular flexibility index (Phi) is 4.27. The molecule has 0 fully saturated rings. The monoisotopic (exact) mass is 289 g/mol. The fourth-order valence-corrected chi connectivity index (χ4v) is 1.65. The van der Waals surface area contributed by atoms with Crippen molar-refractivity contribution in [2.45, 2.75) is 6.54 Å². The summed E-state index contributed by atoms with van der Waals surface area (Å²) in [7, 11) is 3.18. The quantitative estimate of drug-likeness (QED) is 0.778. The van der Waals surface area contributed by atoms with E-state index in [-0.39, 0.29) is 19.0 Å². The van der Waals surface area contributed by atoms with E-state index in [4.69, 9.17) is 0 Å². The summed E-state index contributed by atoms with van der Waals surface area (Å²) in [6, 6.07) is 6.76. The first-order valence-corrected chi connectivity index (χ1v) is 6.28. The number of carbonyl (C=O) groups is 2. The Balaban J connectivity index is 2.10. The Morgan fingerprint density at radius 2 is 2.00 bits per heavy atom. The second-order valence-corrected chi connectivity index (χ2v) is 4.63. The van der Waals surface area contributed by atoms with Gasteiger partial charge in [-0.25, -0.2) is 4.68 Å². The lowest BCUT2D eigenvalue weighted by Crippen LogP contribution is -2.39. The summed E-state index contributed by atoms with van der Waals surface area (Å²) < 4.78 is 0.970. The van der Waals surface area contributed by atoms with Crippen molar-refractivity contribution in [3.8, 4) is 0 Å². The van der Waals surface area contributed by atoms with Gasteiger partial charge in [-0.05, 0) is 12.1 Å². The highest BCUT2D eigenvalue weighted by atomic mass is 16.2. The van der Waals surface area contributed by atoms with E-state index in [1.165, 1.54) is 4.90 Å². The Morgan fingerprint density at radius 1 is 1.29 bits per heavy atom. The maximum Gasteiger partial charge on any atom is 0.278 e. The van der Waals surface area contributed by atoms with Gasteiger partial charge in [-0.1, -0.05) is 17.3 Å². The van der Waals surface area contributed by atoms with E-state index in [1.54, 1.807) is 38.4 Å². The molecule has 0 bridgehead atoms. The summed E-state index contributed by atoms with van der Waals surface area (Å²) in [6.07, 6.45) is 0. The van der Waals surface area contributed by atoms with Crippen molar-refractivity contribution in [1.82, 2.24) is 25.2 Å². The van der Waals surface area contributed by atoms with Crippen LogP contribution in [0.3, 0.4) is 0 Å². The molecule has 2 amide bonds. The topological polar surface area (TPSA) is 97.2 Å². The molecule has 0 atom stereocenters. The maximum atomic E-state index is 12.1. The SMILES string of the molecule is CN(C)C(=O)CNC(=O)Cn1nnc2ccccc2c1=O. The predicted octanol–water partition coefficient (Wildman–Crippen LogP) is -1.00. The number of rotatable bonds is 4. The molecule has 8 nitrogen and oxygen atoms in total. The molecule has 0 saturated carbocycles. The van der Waals surface area contributed by atoms with Crippen molar-refractivity contribution >= 4 is 22.7 Å². The average Bonchev–Trinajstić information content (AvgIpc) is 2.48. The highest BCUT2D eigenvalue weighted by Gasteiger charge is 2.11. The maximum absolute atomic E-state index is 12.1. The molecule has 0 unspecified atom stereocenters. The van der Waals surface area contributed by atoms with Crippen molar-refractivity contribution < 1.29 is 9.59 Å². The van der Waals surface area contributed by atoms with Crippen LogP contribution < -0.4 is 10.9 Å². The Hall–Kier alpha value is -2.77. The van der Waals surface area contributed by atoms with Gasteiger partial charge < -0.3 is 10.2 Å². The minimum atomic E-state index is -0.475. The second kappa shape index (κ2) is 6.12. The summed E-state index contributed by atoms with van der Waals surface area (Å²) in [6.45, 7) is -0.404. The predicted molar refractivity (Wildman–Crippen MR) is 75.5 cm³/mol. The van der Waals surface area contributed by atoms with Gasteiger partial charge in [-0.2, -0.15) is 0 Å². The number of fused-ring (bicyclic) bond motifs is 1. The lowest BCUT2D eigenvalue weighted by atomic mass is 10.2. The third kappa shape index (κ3) is 3.41. The number of hydrogen-bond acceptors (Lipinski definition) is 5. The first-order valence-electron chi connectivity index (χ1n) is 6.28. The van der Waals surface area contributed by atoms with E-state index in [1.807, 2.05) is 0 Å². The van der Waals surface area contributed by atoms with Crippen LogP contribution in [0.25, 0.3) is 10.9 Å². The van der Waals surface area contributed by atoms with Crippen molar-refractivity contribution in [3.05, 3.63) is 34.6 Å². The minimum absolute atomic E-state index is 0.123. The van der Waals surface area contributed by atoms with Gasteiger partial charge in [0.15, 0.2) is 0 Å². The lowest BCUT2D eigenvalue weighted by molar-refractivity contribution is -0.131. The van der Waals surface area contributed by atoms with Crippen molar-refractivity contribution in [2.24, 2.45) is 0 Å². The summed E-state index contributed by atoms with van der Waals surface area (Å²) in [5, 5.41) is 10.4. The number of hydrogen-bond donors (Lipinski definition) is 1. The standard InChI is InChI=1S/C13H15N5O3/c1-17(2)12(20)7-14-11(19)8-18-13(21)9-5-3-4-6-10(9)15-16-18/h3-6H,7-8H2,1-2H3,(H,14,19). The summed E-state index contributed by atoms with van der Waals surface area (Å²) in [5.41, 5.74) is 0.0802. The molecule has 0 aliphatic heterocycles. The highest BCUT2D eigenvalue weighted by molar-refractivity contribution is 5.84. The fourth-order valence-electron chi connectivity index (χ4n) is 1.65. The van der Waals surface area contributed by atoms with E-state index in [0.29, 0.717) is 10.9 Å². The molecule has 2 rings (SSSR count). The summed E-state index contributed by atoms with van der Waals surface area (Å²) in [4.78, 5) is 36.6. The van der Waals surface area contributed by atoms with E-state index >= 15 is 0 Å². The fraction of sp³-hybridized carbons (Fsp3) is 0.308. The molecule has 21 heavy (non-hydrogen) atoms. The molecule has 2 aromatic rings. The molecular formula is C13H15N5O3. The van der Waals surface area contributed by atoms with Gasteiger partial charge in [0.25, 0.3) is 5.56 Å². The van der Waals surface area contributed by atoms with E-state index in [9.17, 15) is 14.4 Å². The Bertz CT molecular complexity index is 738. The molecular weight excluding hydrogens is 274 g/mol. The molecule has 0 radical (unpaired) electrons. The third-order valence-corrected chi connectivity index (χ3v) is 2.86. The van der Waals surface area contributed by atoms with E-state index in [2.05, 4.69) is 15.6 Å². The third-order valence-electron chi connectivity index (χ3n) is 2.86. The normalized spacial score (nSPS) is 10.4. The van der Waals surface area contributed by atoms with Crippen LogP contribution in [0.15, 0.2) is 29.1 Å². The van der Waals surface area contributed by atoms with Crippen molar-refractivity contribution in [2.75, 3.05) is 20.6 Å². The Morgan fingerprint density at radius 3 is 2.71 bits per heavy atom. The Labute approximate surface area is 120 Å². The van der Waals surface area contributed by atoms with Crippen LogP contribution in [0.4, 0.5) is 0 Å². The van der Waals surface area contributed by atoms with Crippen LogP contribution >= 0.6 is 0 Å². The smallest absolute Gasteiger partial charge is 0.278 e. The molecule has 1 aromatic carbocycles. The van der Waals surface area contributed by atoms with Crippen LogP contribution in [0.1, 0.15) is 0 Å². The first kappa shape index (κ1) is 14.6. The zero-order valence-corrected chi connectivity index (χ0v) is 11.7. The van der Waals surface area contributed by atoms with Gasteiger partial charge >= 0.3 is 0 Å². The largest absolute Gasteiger partial charge is 0.347 e. The van der Waals surface area contributed by atoms with Gasteiger partial charge in [-0.15, -0.1) is 5.10 Å². The molecule has 0 aliphatic carbocycles. The van der Waals surface area contributed by atoms with Crippen LogP contribution in [0, 0.1) is 0 Å². The van der Waals surface area contributed by atoms with Gasteiger partial charge in [0, 0.05) is 14.1 Å². The van der Waals surface area contributed by atoms with Crippen molar-refractivity contribution in [3.63, 3.8) is 0 Å². The van der Waals surface area contributed by atoms with Crippen LogP contribution in [-0.4, -0.2) is 52.3 Å². The van der Waals surface area contributed by atoms with Crippen LogP contribution in [0.5, 0.6) is 0 Å². The number of nitrogens with one attached hydrogen (secondary N) is 1. The lowest BCUT2D eigenvalue weighted by Gasteiger charge is -2.11. The van der Waals surface area contributed by atoms with Crippen molar-refractivity contribution in [1.29, 1.82) is 0 Å². The minimum Gasteiger partial charge on any atom is -0.347 e. The number of likely N-dealkylation sites (N-methyl/N-ethyl adjacent to an activating group) is 1. The average molecular weight is 289 g/mol. The molecule has 1 aromatic heterocycles. The number of aromatic nitrogens is 3. The van der Waals surface area contributed by atoms with Crippen LogP contribution in [0.2, 0.25) is 0 Å². The highest BCUT2D eigenvalue weighted by Crippen LogP contribution is 2.02. The second-order valence-electron chi connectivity index (χ2n) is 4.63.